The number of halogens is 1. The van der Waals surface area contributed by atoms with Gasteiger partial charge in [-0.1, -0.05) is 3.89 Å². The lowest BCUT2D eigenvalue weighted by molar-refractivity contribution is 0.362. The number of hydrogen-bond acceptors (Lipinski definition) is 5. The van der Waals surface area contributed by atoms with Gasteiger partial charge < -0.3 is 4.90 Å². The molecule has 1 fully saturated rings. The summed E-state index contributed by atoms with van der Waals surface area (Å²) in [4.78, 5) is 6.17. The quantitative estimate of drug-likeness (QED) is 0.743. The van der Waals surface area contributed by atoms with Gasteiger partial charge in [0.25, 0.3) is 0 Å². The van der Waals surface area contributed by atoms with Crippen LogP contribution in [0.1, 0.15) is 11.3 Å². The highest BCUT2D eigenvalue weighted by Gasteiger charge is 2.26. The minimum Gasteiger partial charge on any atom is -0.354 e. The van der Waals surface area contributed by atoms with E-state index in [-0.39, 0.29) is 13.1 Å². The van der Waals surface area contributed by atoms with E-state index in [9.17, 15) is 12.3 Å². The molecule has 102 valence electrons. The lowest BCUT2D eigenvalue weighted by Crippen LogP contribution is -2.47. The highest BCUT2D eigenvalue weighted by Crippen LogP contribution is 2.17. The van der Waals surface area contributed by atoms with Crippen molar-refractivity contribution in [2.24, 2.45) is 0 Å². The molecule has 0 unspecified atom stereocenters. The van der Waals surface area contributed by atoms with Crippen LogP contribution < -0.4 is 4.90 Å². The van der Waals surface area contributed by atoms with E-state index in [1.807, 2.05) is 11.0 Å². The molecule has 0 bridgehead atoms. The van der Waals surface area contributed by atoms with Gasteiger partial charge in [0.15, 0.2) is 0 Å². The number of nitrogens with zero attached hydrogens (tertiary/aromatic N) is 4. The van der Waals surface area contributed by atoms with Crippen LogP contribution in [0.3, 0.4) is 0 Å². The molecule has 0 N–H and O–H groups in total. The summed E-state index contributed by atoms with van der Waals surface area (Å²) in [7, 11) is -4.61. The number of aryl methyl sites for hydroxylation is 1. The second kappa shape index (κ2) is 5.11. The SMILES string of the molecule is Cc1nc(N2CCN(S(=O)(=O)F)CC2)ccc1C#N. The minimum absolute atomic E-state index is 0.0968. The number of hydrogen-bond donors (Lipinski definition) is 0. The predicted octanol–water partition coefficient (Wildman–Crippen LogP) is 0.598. The average Bonchev–Trinajstić information content (AvgIpc) is 2.38. The number of anilines is 1. The van der Waals surface area contributed by atoms with E-state index < -0.39 is 10.4 Å². The van der Waals surface area contributed by atoms with Crippen LogP contribution in [0.4, 0.5) is 9.70 Å². The summed E-state index contributed by atoms with van der Waals surface area (Å²) in [5.74, 6) is 0.674. The van der Waals surface area contributed by atoms with Crippen LogP contribution in [-0.4, -0.2) is 43.9 Å². The van der Waals surface area contributed by atoms with Gasteiger partial charge in [0, 0.05) is 26.2 Å². The predicted molar refractivity (Wildman–Crippen MR) is 67.5 cm³/mol. The molecule has 2 rings (SSSR count). The average molecular weight is 284 g/mol. The number of rotatable bonds is 2. The smallest absolute Gasteiger partial charge is 0.354 e. The normalized spacial score (nSPS) is 17.2. The molecule has 2 heterocycles. The van der Waals surface area contributed by atoms with E-state index >= 15 is 0 Å². The van der Waals surface area contributed by atoms with Gasteiger partial charge in [-0.2, -0.15) is 18.0 Å². The van der Waals surface area contributed by atoms with Crippen LogP contribution in [0.2, 0.25) is 0 Å². The first-order valence-electron chi connectivity index (χ1n) is 5.74. The van der Waals surface area contributed by atoms with Crippen LogP contribution in [0, 0.1) is 18.3 Å². The number of aromatic nitrogens is 1. The maximum absolute atomic E-state index is 12.8. The standard InChI is InChI=1S/C11H13FN4O2S/c1-9-10(8-13)2-3-11(14-9)15-4-6-16(7-5-15)19(12,17)18/h2-3H,4-7H2,1H3. The molecule has 0 aromatic carbocycles. The Balaban J connectivity index is 2.10. The Bertz CT molecular complexity index is 618. The van der Waals surface area contributed by atoms with Crippen molar-refractivity contribution in [1.82, 2.24) is 9.29 Å². The largest absolute Gasteiger partial charge is 0.374 e. The summed E-state index contributed by atoms with van der Waals surface area (Å²) < 4.78 is 35.1. The van der Waals surface area contributed by atoms with Gasteiger partial charge in [-0.05, 0) is 19.1 Å². The van der Waals surface area contributed by atoms with Gasteiger partial charge in [-0.15, -0.1) is 0 Å². The maximum atomic E-state index is 12.8. The molecule has 6 nitrogen and oxygen atoms in total. The summed E-state index contributed by atoms with van der Waals surface area (Å²) in [5.41, 5.74) is 1.13. The van der Waals surface area contributed by atoms with Crippen molar-refractivity contribution in [3.8, 4) is 6.07 Å². The molecular formula is C11H13FN4O2S. The molecular weight excluding hydrogens is 271 g/mol. The van der Waals surface area contributed by atoms with Gasteiger partial charge in [-0.3, -0.25) is 0 Å². The first kappa shape index (κ1) is 13.7. The second-order valence-electron chi connectivity index (χ2n) is 4.24. The van der Waals surface area contributed by atoms with Crippen LogP contribution in [0.25, 0.3) is 0 Å². The third kappa shape index (κ3) is 3.00. The van der Waals surface area contributed by atoms with Crippen LogP contribution in [-0.2, 0) is 10.4 Å². The van der Waals surface area contributed by atoms with Gasteiger partial charge in [0.05, 0.1) is 11.3 Å². The second-order valence-corrected chi connectivity index (χ2v) is 5.58. The van der Waals surface area contributed by atoms with Crippen molar-refractivity contribution in [2.45, 2.75) is 6.92 Å². The summed E-state index contributed by atoms with van der Waals surface area (Å²) >= 11 is 0. The Labute approximate surface area is 111 Å². The van der Waals surface area contributed by atoms with E-state index in [2.05, 4.69) is 4.98 Å². The first-order valence-corrected chi connectivity index (χ1v) is 7.08. The van der Waals surface area contributed by atoms with E-state index in [1.54, 1.807) is 19.1 Å². The van der Waals surface area contributed by atoms with Gasteiger partial charge >= 0.3 is 10.4 Å². The fraction of sp³-hybridized carbons (Fsp3) is 0.455. The summed E-state index contributed by atoms with van der Waals surface area (Å²) in [6, 6.07) is 5.42. The summed E-state index contributed by atoms with van der Waals surface area (Å²) in [5, 5.41) is 8.83. The fourth-order valence-electron chi connectivity index (χ4n) is 1.98. The van der Waals surface area contributed by atoms with Crippen LogP contribution >= 0.6 is 0 Å². The zero-order chi connectivity index (χ0) is 14.0. The molecule has 0 atom stereocenters. The molecule has 1 aliphatic heterocycles. The van der Waals surface area contributed by atoms with Crippen molar-refractivity contribution >= 4 is 16.2 Å². The Hall–Kier alpha value is -1.72. The number of piperazine rings is 1. The number of nitriles is 1. The maximum Gasteiger partial charge on any atom is 0.374 e. The highest BCUT2D eigenvalue weighted by atomic mass is 32.3. The number of pyridine rings is 1. The Morgan fingerprint density at radius 2 is 1.95 bits per heavy atom. The van der Waals surface area contributed by atoms with Crippen LogP contribution in [0.5, 0.6) is 0 Å². The molecule has 19 heavy (non-hydrogen) atoms. The Morgan fingerprint density at radius 3 is 2.42 bits per heavy atom. The van der Waals surface area contributed by atoms with Crippen LogP contribution in [0.15, 0.2) is 12.1 Å². The lowest BCUT2D eigenvalue weighted by atomic mass is 10.2. The Morgan fingerprint density at radius 1 is 1.32 bits per heavy atom. The zero-order valence-corrected chi connectivity index (χ0v) is 11.2. The van der Waals surface area contributed by atoms with E-state index in [0.29, 0.717) is 30.2 Å². The molecule has 0 radical (unpaired) electrons. The topological polar surface area (TPSA) is 77.3 Å². The van der Waals surface area contributed by atoms with E-state index in [1.165, 1.54) is 0 Å². The zero-order valence-electron chi connectivity index (χ0n) is 10.4. The van der Waals surface area contributed by atoms with Crippen molar-refractivity contribution in [2.75, 3.05) is 31.1 Å². The fourth-order valence-corrected chi connectivity index (χ4v) is 2.58. The third-order valence-electron chi connectivity index (χ3n) is 3.06. The molecule has 1 aromatic heterocycles. The first-order chi connectivity index (χ1) is 8.91. The molecule has 8 heteroatoms. The monoisotopic (exact) mass is 284 g/mol. The van der Waals surface area contributed by atoms with Gasteiger partial charge in [0.1, 0.15) is 11.9 Å². The lowest BCUT2D eigenvalue weighted by Gasteiger charge is -2.32. The molecule has 0 saturated carbocycles. The van der Waals surface area contributed by atoms with E-state index in [0.717, 1.165) is 4.31 Å². The van der Waals surface area contributed by atoms with E-state index in [4.69, 9.17) is 5.26 Å². The molecule has 1 aromatic rings. The van der Waals surface area contributed by atoms with Crippen molar-refractivity contribution in [3.63, 3.8) is 0 Å². The van der Waals surface area contributed by atoms with Crippen molar-refractivity contribution < 1.29 is 12.3 Å². The van der Waals surface area contributed by atoms with Crippen molar-refractivity contribution in [3.05, 3.63) is 23.4 Å². The van der Waals surface area contributed by atoms with Gasteiger partial charge in [-0.25, -0.2) is 4.98 Å². The van der Waals surface area contributed by atoms with Gasteiger partial charge in [0.2, 0.25) is 0 Å². The minimum atomic E-state index is -4.61. The third-order valence-corrected chi connectivity index (χ3v) is 4.04. The Kier molecular flexibility index (Phi) is 3.68. The molecule has 1 aliphatic rings. The molecule has 0 aliphatic carbocycles. The molecule has 0 amide bonds. The summed E-state index contributed by atoms with van der Waals surface area (Å²) in [6.45, 7) is 2.69. The van der Waals surface area contributed by atoms with Crippen molar-refractivity contribution in [1.29, 1.82) is 5.26 Å². The molecule has 0 spiro atoms. The summed E-state index contributed by atoms with van der Waals surface area (Å²) in [6.07, 6.45) is 0. The molecule has 1 saturated heterocycles. The highest BCUT2D eigenvalue weighted by molar-refractivity contribution is 7.83.